The molecule has 2 atom stereocenters. The Morgan fingerprint density at radius 2 is 2.29 bits per heavy atom. The van der Waals surface area contributed by atoms with Crippen molar-refractivity contribution < 1.29 is 23.0 Å². The van der Waals surface area contributed by atoms with Gasteiger partial charge in [-0.2, -0.15) is 8.78 Å². The molecule has 1 unspecified atom stereocenters. The van der Waals surface area contributed by atoms with E-state index in [1.165, 1.54) is 0 Å². The Morgan fingerprint density at radius 1 is 1.59 bits per heavy atom. The first-order valence-corrected chi connectivity index (χ1v) is 5.59. The number of hydrogen-bond acceptors (Lipinski definition) is 4. The molecule has 17 heavy (non-hydrogen) atoms. The minimum atomic E-state index is -2.74. The number of rotatable bonds is 5. The first-order chi connectivity index (χ1) is 7.97. The molecule has 100 valence electrons. The van der Waals surface area contributed by atoms with Crippen LogP contribution in [0.3, 0.4) is 0 Å². The Bertz CT molecular complexity index is 254. The Morgan fingerprint density at radius 3 is 2.88 bits per heavy atom. The lowest BCUT2D eigenvalue weighted by molar-refractivity contribution is -0.175. The summed E-state index contributed by atoms with van der Waals surface area (Å²) < 4.78 is 33.4. The average Bonchev–Trinajstić information content (AvgIpc) is 2.14. The number of likely N-dealkylation sites (tertiary alicyclic amines) is 1. The molecule has 0 spiro atoms. The van der Waals surface area contributed by atoms with E-state index in [9.17, 15) is 13.6 Å². The molecule has 0 aliphatic carbocycles. The Balaban J connectivity index is 2.31. The molecule has 7 heteroatoms. The first kappa shape index (κ1) is 14.1. The lowest BCUT2D eigenvalue weighted by atomic mass is 10.1. The van der Waals surface area contributed by atoms with Gasteiger partial charge in [0, 0.05) is 13.1 Å². The number of nitrogens with two attached hydrogens (primary N) is 1. The van der Waals surface area contributed by atoms with Gasteiger partial charge in [-0.1, -0.05) is 0 Å². The van der Waals surface area contributed by atoms with Crippen molar-refractivity contribution in [1.29, 1.82) is 0 Å². The molecule has 0 bridgehead atoms. The second-order valence-electron chi connectivity index (χ2n) is 4.17. The molecule has 1 aliphatic rings. The maximum absolute atomic E-state index is 12.1. The van der Waals surface area contributed by atoms with Gasteiger partial charge in [-0.3, -0.25) is 4.90 Å². The molecule has 5 nitrogen and oxygen atoms in total. The van der Waals surface area contributed by atoms with Gasteiger partial charge >= 0.3 is 12.7 Å². The highest BCUT2D eigenvalue weighted by molar-refractivity contribution is 5.64. The SMILES string of the molecule is C[C@H](CN1CCCC(OC(F)F)C1)OC(N)=O. The number of primary amides is 1. The van der Waals surface area contributed by atoms with E-state index in [1.807, 2.05) is 4.90 Å². The molecule has 2 N–H and O–H groups in total. The maximum atomic E-state index is 12.1. The molecule has 0 aromatic carbocycles. The summed E-state index contributed by atoms with van der Waals surface area (Å²) in [6.45, 7) is 0.667. The summed E-state index contributed by atoms with van der Waals surface area (Å²) in [5.74, 6) is 0. The van der Waals surface area contributed by atoms with Gasteiger partial charge in [0.1, 0.15) is 6.10 Å². The topological polar surface area (TPSA) is 64.8 Å². The van der Waals surface area contributed by atoms with Crippen LogP contribution in [0, 0.1) is 0 Å². The number of amides is 1. The van der Waals surface area contributed by atoms with Gasteiger partial charge in [0.2, 0.25) is 0 Å². The number of alkyl halides is 2. The smallest absolute Gasteiger partial charge is 0.404 e. The van der Waals surface area contributed by atoms with Crippen LogP contribution in [0.5, 0.6) is 0 Å². The molecule has 0 aromatic rings. The molecule has 1 heterocycles. The zero-order valence-electron chi connectivity index (χ0n) is 9.77. The lowest BCUT2D eigenvalue weighted by Crippen LogP contribution is -2.44. The van der Waals surface area contributed by atoms with Gasteiger partial charge < -0.3 is 15.2 Å². The van der Waals surface area contributed by atoms with Crippen LogP contribution in [0.4, 0.5) is 13.6 Å². The molecule has 1 amide bonds. The van der Waals surface area contributed by atoms with E-state index >= 15 is 0 Å². The maximum Gasteiger partial charge on any atom is 0.404 e. The van der Waals surface area contributed by atoms with Crippen molar-refractivity contribution in [2.45, 2.75) is 38.6 Å². The van der Waals surface area contributed by atoms with Crippen LogP contribution >= 0.6 is 0 Å². The van der Waals surface area contributed by atoms with Crippen LogP contribution in [0.1, 0.15) is 19.8 Å². The van der Waals surface area contributed by atoms with E-state index in [4.69, 9.17) is 10.5 Å². The van der Waals surface area contributed by atoms with Gasteiger partial charge in [0.25, 0.3) is 0 Å². The van der Waals surface area contributed by atoms with Gasteiger partial charge in [-0.05, 0) is 26.3 Å². The molecular weight excluding hydrogens is 234 g/mol. The van der Waals surface area contributed by atoms with E-state index < -0.39 is 18.8 Å². The van der Waals surface area contributed by atoms with Crippen molar-refractivity contribution in [3.05, 3.63) is 0 Å². The van der Waals surface area contributed by atoms with E-state index in [0.717, 1.165) is 13.0 Å². The fourth-order valence-electron chi connectivity index (χ4n) is 2.03. The number of piperidine rings is 1. The van der Waals surface area contributed by atoms with Crippen LogP contribution in [-0.4, -0.2) is 49.4 Å². The molecule has 1 aliphatic heterocycles. The highest BCUT2D eigenvalue weighted by Crippen LogP contribution is 2.16. The second kappa shape index (κ2) is 6.70. The van der Waals surface area contributed by atoms with Crippen molar-refractivity contribution in [2.75, 3.05) is 19.6 Å². The van der Waals surface area contributed by atoms with E-state index in [2.05, 4.69) is 4.74 Å². The quantitative estimate of drug-likeness (QED) is 0.797. The van der Waals surface area contributed by atoms with Crippen molar-refractivity contribution in [1.82, 2.24) is 4.90 Å². The number of hydrogen-bond donors (Lipinski definition) is 1. The summed E-state index contributed by atoms with van der Waals surface area (Å²) in [6, 6.07) is 0. The number of ether oxygens (including phenoxy) is 2. The number of halogens is 2. The van der Waals surface area contributed by atoms with Crippen LogP contribution < -0.4 is 5.73 Å². The Kier molecular flexibility index (Phi) is 5.57. The summed E-state index contributed by atoms with van der Waals surface area (Å²) in [7, 11) is 0. The third-order valence-corrected chi connectivity index (χ3v) is 2.59. The fraction of sp³-hybridized carbons (Fsp3) is 0.900. The average molecular weight is 252 g/mol. The van der Waals surface area contributed by atoms with Crippen molar-refractivity contribution in [2.24, 2.45) is 5.73 Å². The van der Waals surface area contributed by atoms with Crippen molar-refractivity contribution in [3.8, 4) is 0 Å². The highest BCUT2D eigenvalue weighted by Gasteiger charge is 2.24. The Labute approximate surface area is 98.8 Å². The van der Waals surface area contributed by atoms with Crippen LogP contribution in [0.2, 0.25) is 0 Å². The van der Waals surface area contributed by atoms with Crippen LogP contribution in [0.25, 0.3) is 0 Å². The first-order valence-electron chi connectivity index (χ1n) is 5.59. The standard InChI is InChI=1S/C10H18F2N2O3/c1-7(16-10(13)15)5-14-4-2-3-8(6-14)17-9(11)12/h7-9H,2-6H2,1H3,(H2,13,15)/t7-,8?/m1/s1. The molecule has 0 aromatic heterocycles. The normalized spacial score (nSPS) is 23.6. The van der Waals surface area contributed by atoms with E-state index in [-0.39, 0.29) is 6.10 Å². The van der Waals surface area contributed by atoms with E-state index in [1.54, 1.807) is 6.92 Å². The summed E-state index contributed by atoms with van der Waals surface area (Å²) >= 11 is 0. The number of carbonyl (C=O) groups is 1. The van der Waals surface area contributed by atoms with Gasteiger partial charge in [0.05, 0.1) is 6.10 Å². The molecule has 1 saturated heterocycles. The van der Waals surface area contributed by atoms with Gasteiger partial charge in [-0.25, -0.2) is 4.79 Å². The van der Waals surface area contributed by atoms with Gasteiger partial charge in [0.15, 0.2) is 0 Å². The predicted octanol–water partition coefficient (Wildman–Crippen LogP) is 1.17. The Hall–Kier alpha value is -0.950. The lowest BCUT2D eigenvalue weighted by Gasteiger charge is -2.33. The zero-order valence-corrected chi connectivity index (χ0v) is 9.77. The monoisotopic (exact) mass is 252 g/mol. The minimum Gasteiger partial charge on any atom is -0.445 e. The summed E-state index contributed by atoms with van der Waals surface area (Å²) in [4.78, 5) is 12.5. The van der Waals surface area contributed by atoms with E-state index in [0.29, 0.717) is 19.5 Å². The third-order valence-electron chi connectivity index (χ3n) is 2.59. The molecule has 0 radical (unpaired) electrons. The van der Waals surface area contributed by atoms with Crippen molar-refractivity contribution >= 4 is 6.09 Å². The molecule has 1 rings (SSSR count). The third kappa shape index (κ3) is 5.78. The van der Waals surface area contributed by atoms with Crippen LogP contribution in [-0.2, 0) is 9.47 Å². The summed E-state index contributed by atoms with van der Waals surface area (Å²) in [5.41, 5.74) is 4.89. The number of nitrogens with zero attached hydrogens (tertiary/aromatic N) is 1. The molecule has 0 saturated carbocycles. The summed E-state index contributed by atoms with van der Waals surface area (Å²) in [6.07, 6.45) is -0.204. The minimum absolute atomic E-state index is 0.349. The second-order valence-corrected chi connectivity index (χ2v) is 4.17. The largest absolute Gasteiger partial charge is 0.445 e. The summed E-state index contributed by atoms with van der Waals surface area (Å²) in [5, 5.41) is 0. The predicted molar refractivity (Wildman–Crippen MR) is 56.7 cm³/mol. The zero-order chi connectivity index (χ0) is 12.8. The number of carbonyl (C=O) groups excluding carboxylic acids is 1. The molecular formula is C10H18F2N2O3. The fourth-order valence-corrected chi connectivity index (χ4v) is 2.03. The highest BCUT2D eigenvalue weighted by atomic mass is 19.3. The molecule has 1 fully saturated rings. The van der Waals surface area contributed by atoms with Crippen molar-refractivity contribution in [3.63, 3.8) is 0 Å². The van der Waals surface area contributed by atoms with Crippen LogP contribution in [0.15, 0.2) is 0 Å². The van der Waals surface area contributed by atoms with Gasteiger partial charge in [-0.15, -0.1) is 0 Å².